The summed E-state index contributed by atoms with van der Waals surface area (Å²) in [5.41, 5.74) is 4.13. The van der Waals surface area contributed by atoms with Crippen molar-refractivity contribution >= 4 is 11.6 Å². The molecular weight excluding hydrogens is 272 g/mol. The fraction of sp³-hybridized carbons (Fsp3) is 0.375. The topological polar surface area (TPSA) is 35.0 Å². The normalized spacial score (nSPS) is 10.9. The van der Waals surface area contributed by atoms with Gasteiger partial charge in [0.15, 0.2) is 5.15 Å². The van der Waals surface area contributed by atoms with Gasteiger partial charge >= 0.3 is 0 Å². The van der Waals surface area contributed by atoms with Crippen molar-refractivity contribution in [2.45, 2.75) is 40.5 Å². The molecule has 0 N–H and O–H groups in total. The molecule has 0 aliphatic carbocycles. The van der Waals surface area contributed by atoms with Crippen LogP contribution in [0.4, 0.5) is 0 Å². The summed E-state index contributed by atoms with van der Waals surface area (Å²) >= 11 is 5.97. The smallest absolute Gasteiger partial charge is 0.242 e. The minimum atomic E-state index is 0.382. The highest BCUT2D eigenvalue weighted by Gasteiger charge is 2.14. The van der Waals surface area contributed by atoms with Crippen LogP contribution in [-0.4, -0.2) is 10.2 Å². The molecule has 4 heteroatoms. The zero-order valence-corrected chi connectivity index (χ0v) is 13.2. The number of hydrogen-bond acceptors (Lipinski definition) is 3. The highest BCUT2D eigenvalue weighted by Crippen LogP contribution is 2.33. The van der Waals surface area contributed by atoms with Gasteiger partial charge in [-0.15, -0.1) is 10.2 Å². The molecule has 0 spiro atoms. The monoisotopic (exact) mass is 290 g/mol. The zero-order chi connectivity index (χ0) is 14.9. The number of aromatic nitrogens is 2. The molecule has 3 nitrogen and oxygen atoms in total. The Bertz CT molecular complexity index is 639. The fourth-order valence-corrected chi connectivity index (χ4v) is 2.14. The van der Waals surface area contributed by atoms with Crippen molar-refractivity contribution in [1.29, 1.82) is 0 Å². The second kappa shape index (κ2) is 5.80. The molecule has 1 heterocycles. The Labute approximate surface area is 125 Å². The molecule has 0 fully saturated rings. The molecule has 0 amide bonds. The molecule has 2 rings (SSSR count). The molecule has 106 valence electrons. The van der Waals surface area contributed by atoms with E-state index in [2.05, 4.69) is 36.2 Å². The third-order valence-corrected chi connectivity index (χ3v) is 3.78. The van der Waals surface area contributed by atoms with E-state index in [-0.39, 0.29) is 0 Å². The maximum absolute atomic E-state index is 5.99. The molecule has 2 aromatic rings. The Hall–Kier alpha value is -1.61. The molecule has 0 saturated carbocycles. The average molecular weight is 291 g/mol. The summed E-state index contributed by atoms with van der Waals surface area (Å²) in [6.07, 6.45) is 0. The number of aryl methyl sites for hydroxylation is 1. The van der Waals surface area contributed by atoms with Gasteiger partial charge in [0, 0.05) is 5.56 Å². The number of halogens is 1. The third kappa shape index (κ3) is 2.93. The number of ether oxygens (including phenoxy) is 1. The van der Waals surface area contributed by atoms with Crippen LogP contribution in [0.3, 0.4) is 0 Å². The van der Waals surface area contributed by atoms with Gasteiger partial charge in [-0.3, -0.25) is 0 Å². The van der Waals surface area contributed by atoms with Crippen molar-refractivity contribution < 1.29 is 4.74 Å². The Morgan fingerprint density at radius 2 is 1.75 bits per heavy atom. The van der Waals surface area contributed by atoms with Gasteiger partial charge in [0.05, 0.1) is 0 Å². The first-order chi connectivity index (χ1) is 9.40. The van der Waals surface area contributed by atoms with E-state index in [9.17, 15) is 0 Å². The molecule has 1 aromatic heterocycles. The van der Waals surface area contributed by atoms with Gasteiger partial charge in [0.2, 0.25) is 5.88 Å². The standard InChI is InChI=1S/C16H19ClN2O/c1-9(2)13-7-6-10(3)8-14(13)20-16-12(5)11(4)15(17)18-19-16/h6-9H,1-5H3. The second-order valence-corrected chi connectivity index (χ2v) is 5.70. The lowest BCUT2D eigenvalue weighted by Gasteiger charge is -2.15. The molecule has 0 aliphatic rings. The van der Waals surface area contributed by atoms with Gasteiger partial charge < -0.3 is 4.74 Å². The van der Waals surface area contributed by atoms with Crippen molar-refractivity contribution in [2.75, 3.05) is 0 Å². The number of rotatable bonds is 3. The molecular formula is C16H19ClN2O. The summed E-state index contributed by atoms with van der Waals surface area (Å²) in [6, 6.07) is 6.22. The average Bonchev–Trinajstić information content (AvgIpc) is 2.39. The van der Waals surface area contributed by atoms with Crippen LogP contribution in [0.25, 0.3) is 0 Å². The van der Waals surface area contributed by atoms with Crippen LogP contribution in [0.15, 0.2) is 18.2 Å². The number of hydrogen-bond donors (Lipinski definition) is 0. The van der Waals surface area contributed by atoms with Crippen molar-refractivity contribution in [2.24, 2.45) is 0 Å². The van der Waals surface area contributed by atoms with E-state index in [4.69, 9.17) is 16.3 Å². The van der Waals surface area contributed by atoms with E-state index in [1.807, 2.05) is 26.8 Å². The lowest BCUT2D eigenvalue weighted by molar-refractivity contribution is 0.442. The summed E-state index contributed by atoms with van der Waals surface area (Å²) in [6.45, 7) is 10.2. The van der Waals surface area contributed by atoms with Gasteiger partial charge in [-0.2, -0.15) is 0 Å². The third-order valence-electron chi connectivity index (χ3n) is 3.42. The zero-order valence-electron chi connectivity index (χ0n) is 12.5. The summed E-state index contributed by atoms with van der Waals surface area (Å²) in [5, 5.41) is 8.40. The second-order valence-electron chi connectivity index (χ2n) is 5.34. The van der Waals surface area contributed by atoms with E-state index in [0.29, 0.717) is 17.0 Å². The summed E-state index contributed by atoms with van der Waals surface area (Å²) in [4.78, 5) is 0. The minimum absolute atomic E-state index is 0.382. The van der Waals surface area contributed by atoms with Crippen LogP contribution < -0.4 is 4.74 Å². The molecule has 0 aliphatic heterocycles. The van der Waals surface area contributed by atoms with E-state index < -0.39 is 0 Å². The lowest BCUT2D eigenvalue weighted by Crippen LogP contribution is -2.00. The van der Waals surface area contributed by atoms with Crippen LogP contribution in [-0.2, 0) is 0 Å². The Kier molecular flexibility index (Phi) is 4.29. The first-order valence-corrected chi connectivity index (χ1v) is 7.05. The van der Waals surface area contributed by atoms with Crippen molar-refractivity contribution in [3.8, 4) is 11.6 Å². The van der Waals surface area contributed by atoms with Gasteiger partial charge in [-0.05, 0) is 49.4 Å². The van der Waals surface area contributed by atoms with Gasteiger partial charge in [0.1, 0.15) is 5.75 Å². The minimum Gasteiger partial charge on any atom is -0.437 e. The largest absolute Gasteiger partial charge is 0.437 e. The first kappa shape index (κ1) is 14.8. The van der Waals surface area contributed by atoms with Crippen molar-refractivity contribution in [3.63, 3.8) is 0 Å². The summed E-state index contributed by atoms with van der Waals surface area (Å²) < 4.78 is 5.99. The molecule has 1 aromatic carbocycles. The fourth-order valence-electron chi connectivity index (χ4n) is 1.96. The van der Waals surface area contributed by atoms with Gasteiger partial charge in [-0.1, -0.05) is 37.6 Å². The highest BCUT2D eigenvalue weighted by molar-refractivity contribution is 6.30. The number of nitrogens with zero attached hydrogens (tertiary/aromatic N) is 2. The molecule has 20 heavy (non-hydrogen) atoms. The molecule has 0 atom stereocenters. The Morgan fingerprint density at radius 1 is 1.05 bits per heavy atom. The van der Waals surface area contributed by atoms with Crippen LogP contribution in [0, 0.1) is 20.8 Å². The maximum atomic E-state index is 5.99. The molecule has 0 unspecified atom stereocenters. The Balaban J connectivity index is 2.45. The summed E-state index contributed by atoms with van der Waals surface area (Å²) in [5.74, 6) is 1.73. The van der Waals surface area contributed by atoms with E-state index in [0.717, 1.165) is 28.0 Å². The number of benzene rings is 1. The highest BCUT2D eigenvalue weighted by atomic mass is 35.5. The maximum Gasteiger partial charge on any atom is 0.242 e. The quantitative estimate of drug-likeness (QED) is 0.800. The van der Waals surface area contributed by atoms with Crippen LogP contribution in [0.2, 0.25) is 5.15 Å². The van der Waals surface area contributed by atoms with Crippen molar-refractivity contribution in [3.05, 3.63) is 45.6 Å². The van der Waals surface area contributed by atoms with E-state index >= 15 is 0 Å². The molecule has 0 radical (unpaired) electrons. The lowest BCUT2D eigenvalue weighted by atomic mass is 10.0. The predicted molar refractivity (Wildman–Crippen MR) is 81.9 cm³/mol. The SMILES string of the molecule is Cc1ccc(C(C)C)c(Oc2nnc(Cl)c(C)c2C)c1. The van der Waals surface area contributed by atoms with Crippen LogP contribution >= 0.6 is 11.6 Å². The van der Waals surface area contributed by atoms with E-state index in [1.165, 1.54) is 0 Å². The summed E-state index contributed by atoms with van der Waals surface area (Å²) in [7, 11) is 0. The van der Waals surface area contributed by atoms with Gasteiger partial charge in [0.25, 0.3) is 0 Å². The predicted octanol–water partition coefficient (Wildman–Crippen LogP) is 4.97. The van der Waals surface area contributed by atoms with Gasteiger partial charge in [-0.25, -0.2) is 0 Å². The van der Waals surface area contributed by atoms with Crippen LogP contribution in [0.5, 0.6) is 11.6 Å². The first-order valence-electron chi connectivity index (χ1n) is 6.68. The van der Waals surface area contributed by atoms with E-state index in [1.54, 1.807) is 0 Å². The van der Waals surface area contributed by atoms with Crippen molar-refractivity contribution in [1.82, 2.24) is 10.2 Å². The molecule has 0 saturated heterocycles. The Morgan fingerprint density at radius 3 is 2.40 bits per heavy atom. The molecule has 0 bridgehead atoms. The van der Waals surface area contributed by atoms with Crippen LogP contribution in [0.1, 0.15) is 42.0 Å².